The summed E-state index contributed by atoms with van der Waals surface area (Å²) in [4.78, 5) is 16.2. The van der Waals surface area contributed by atoms with Crippen molar-refractivity contribution in [2.24, 2.45) is 45.8 Å². The van der Waals surface area contributed by atoms with Crippen molar-refractivity contribution in [3.05, 3.63) is 34.3 Å². The van der Waals surface area contributed by atoms with E-state index in [2.05, 4.69) is 79.7 Å². The zero-order valence-electron chi connectivity index (χ0n) is 19.3. The summed E-state index contributed by atoms with van der Waals surface area (Å²) in [6, 6.07) is 9.18. The van der Waals surface area contributed by atoms with Crippen molar-refractivity contribution < 1.29 is 6.17 Å². The van der Waals surface area contributed by atoms with Crippen LogP contribution < -0.4 is 0 Å². The minimum Gasteiger partial charge on any atom is -0.337 e. The van der Waals surface area contributed by atoms with Gasteiger partial charge in [-0.2, -0.15) is 0 Å². The first kappa shape index (κ1) is 17.8. The minimum absolute atomic E-state index is 0.0727. The van der Waals surface area contributed by atoms with Gasteiger partial charge in [0.05, 0.1) is 5.41 Å². The molecule has 0 aliphatic heterocycles. The van der Waals surface area contributed by atoms with Crippen molar-refractivity contribution >= 4 is 21.8 Å². The third-order valence-electron chi connectivity index (χ3n) is 9.77. The van der Waals surface area contributed by atoms with Crippen molar-refractivity contribution in [3.63, 3.8) is 0 Å². The fourth-order valence-electron chi connectivity index (χ4n) is 9.79. The van der Waals surface area contributed by atoms with E-state index in [0.29, 0.717) is 29.6 Å². The van der Waals surface area contributed by atoms with Crippen LogP contribution in [0.25, 0.3) is 0 Å². The lowest BCUT2D eigenvalue weighted by Gasteiger charge is -3.15. The van der Waals surface area contributed by atoms with Gasteiger partial charge < -0.3 is 4.90 Å². The second kappa shape index (κ2) is 5.50. The summed E-state index contributed by atoms with van der Waals surface area (Å²) < 4.78 is 10.7. The lowest BCUT2D eigenvalue weighted by molar-refractivity contribution is -0.686. The minimum atomic E-state index is -0.245. The lowest BCUT2D eigenvalue weighted by Crippen LogP contribution is -3.15. The number of amides is 1. The molecule has 0 bridgehead atoms. The van der Waals surface area contributed by atoms with Crippen LogP contribution >= 0.6 is 15.9 Å². The first-order valence-electron chi connectivity index (χ1n) is 12.3. The molecule has 2 nitrogen and oxygen atoms in total. The summed E-state index contributed by atoms with van der Waals surface area (Å²) in [5, 5.41) is 0. The van der Waals surface area contributed by atoms with Gasteiger partial charge in [-0.05, 0) is 98.6 Å². The van der Waals surface area contributed by atoms with Gasteiger partial charge in [-0.25, -0.2) is 0 Å². The molecular formula is C26H34BrNO. The van der Waals surface area contributed by atoms with Gasteiger partial charge in [-0.1, -0.05) is 47.8 Å². The van der Waals surface area contributed by atoms with E-state index in [0.717, 1.165) is 10.9 Å². The van der Waals surface area contributed by atoms with Crippen LogP contribution in [0, 0.1) is 45.8 Å². The standard InChI is InChI=1S/C26H34BrNO/c1-6-7-12-24-19-18-20(24)26(23(29)28(14(2)3)15(4)5)21(18)25(19,22(24)26)13-16-8-10-17(27)11-9-16/h8-11,14-15,18-22H,6-7,12-13H2,1-5H3/i19D. The Morgan fingerprint density at radius 1 is 1.14 bits per heavy atom. The van der Waals surface area contributed by atoms with Gasteiger partial charge >= 0.3 is 0 Å². The molecule has 6 aliphatic rings. The Bertz CT molecular complexity index is 937. The SMILES string of the molecule is [2H]C12C3C4C5(C(=O)N(C(C)C)C(C)C)C3C1(Cc1ccc(Br)cc1)C5C42CCCC. The highest BCUT2D eigenvalue weighted by atomic mass is 79.9. The van der Waals surface area contributed by atoms with Crippen LogP contribution in [-0.2, 0) is 11.2 Å². The van der Waals surface area contributed by atoms with Crippen molar-refractivity contribution in [1.29, 1.82) is 0 Å². The number of hydrogen-bond acceptors (Lipinski definition) is 1. The molecule has 3 heteroatoms. The average Bonchev–Trinajstić information content (AvgIpc) is 2.68. The molecule has 6 saturated carbocycles. The largest absolute Gasteiger partial charge is 0.337 e. The zero-order chi connectivity index (χ0) is 21.4. The summed E-state index contributed by atoms with van der Waals surface area (Å²) in [6.07, 6.45) is 4.57. The first-order valence-corrected chi connectivity index (χ1v) is 12.6. The van der Waals surface area contributed by atoms with Crippen LogP contribution in [0.2, 0.25) is 0 Å². The summed E-state index contributed by atoms with van der Waals surface area (Å²) in [5.74, 6) is 2.13. The summed E-state index contributed by atoms with van der Waals surface area (Å²) in [7, 11) is 0. The predicted molar refractivity (Wildman–Crippen MR) is 119 cm³/mol. The molecule has 8 atom stereocenters. The number of carbonyl (C=O) groups excluding carboxylic acids is 1. The number of carbonyl (C=O) groups is 1. The van der Waals surface area contributed by atoms with Gasteiger partial charge in [-0.3, -0.25) is 4.79 Å². The van der Waals surface area contributed by atoms with E-state index in [-0.39, 0.29) is 34.2 Å². The maximum Gasteiger partial charge on any atom is 0.230 e. The molecule has 0 radical (unpaired) electrons. The Labute approximate surface area is 185 Å². The number of benzene rings is 1. The van der Waals surface area contributed by atoms with Crippen molar-refractivity contribution in [2.75, 3.05) is 0 Å². The Balaban J connectivity index is 1.37. The Morgan fingerprint density at radius 3 is 2.34 bits per heavy atom. The summed E-state index contributed by atoms with van der Waals surface area (Å²) in [5.41, 5.74) is 1.47. The van der Waals surface area contributed by atoms with Crippen molar-refractivity contribution in [3.8, 4) is 0 Å². The maximum absolute atomic E-state index is 14.0. The zero-order valence-corrected chi connectivity index (χ0v) is 19.9. The Morgan fingerprint density at radius 2 is 1.76 bits per heavy atom. The smallest absolute Gasteiger partial charge is 0.230 e. The van der Waals surface area contributed by atoms with E-state index in [1.807, 2.05) is 0 Å². The quantitative estimate of drug-likeness (QED) is 0.474. The van der Waals surface area contributed by atoms with Gasteiger partial charge in [0.2, 0.25) is 5.91 Å². The van der Waals surface area contributed by atoms with Gasteiger partial charge in [0.15, 0.2) is 0 Å². The van der Waals surface area contributed by atoms with Crippen LogP contribution in [0.5, 0.6) is 0 Å². The van der Waals surface area contributed by atoms with Gasteiger partial charge in [0.25, 0.3) is 0 Å². The third kappa shape index (κ3) is 1.62. The number of nitrogens with zero attached hydrogens (tertiary/aromatic N) is 1. The summed E-state index contributed by atoms with van der Waals surface area (Å²) >= 11 is 3.55. The second-order valence-corrected chi connectivity index (χ2v) is 12.1. The van der Waals surface area contributed by atoms with Crippen molar-refractivity contribution in [1.82, 2.24) is 4.90 Å². The van der Waals surface area contributed by atoms with Gasteiger partial charge in [0.1, 0.15) is 0 Å². The van der Waals surface area contributed by atoms with E-state index in [1.165, 1.54) is 24.8 Å². The first-order chi connectivity index (χ1) is 14.2. The molecule has 0 spiro atoms. The number of halogens is 1. The molecular weight excluding hydrogens is 422 g/mol. The Hall–Kier alpha value is -0.830. The molecule has 7 rings (SSSR count). The maximum atomic E-state index is 14.0. The van der Waals surface area contributed by atoms with Crippen LogP contribution in [0.1, 0.15) is 60.8 Å². The molecule has 0 saturated heterocycles. The molecule has 1 amide bonds. The number of rotatable bonds is 8. The fraction of sp³-hybridized carbons (Fsp3) is 0.731. The van der Waals surface area contributed by atoms with E-state index >= 15 is 0 Å². The van der Waals surface area contributed by atoms with Gasteiger partial charge in [0, 0.05) is 17.9 Å². The predicted octanol–water partition coefficient (Wildman–Crippen LogP) is 5.94. The molecule has 8 unspecified atom stereocenters. The average molecular weight is 457 g/mol. The molecule has 1 aromatic rings. The summed E-state index contributed by atoms with van der Waals surface area (Å²) in [6.45, 7) is 10.9. The topological polar surface area (TPSA) is 20.3 Å². The van der Waals surface area contributed by atoms with Gasteiger partial charge in [-0.15, -0.1) is 0 Å². The highest BCUT2D eigenvalue weighted by Crippen LogP contribution is 3.15. The van der Waals surface area contributed by atoms with E-state index in [9.17, 15) is 6.17 Å². The molecule has 0 heterocycles. The van der Waals surface area contributed by atoms with Crippen molar-refractivity contribution in [2.45, 2.75) is 72.4 Å². The molecule has 0 aromatic heterocycles. The lowest BCUT2D eigenvalue weighted by atomic mass is 8.87. The Kier molecular flexibility index (Phi) is 3.38. The fourth-order valence-corrected chi connectivity index (χ4v) is 10.0. The van der Waals surface area contributed by atoms with Crippen LogP contribution in [0.15, 0.2) is 28.7 Å². The van der Waals surface area contributed by atoms with Crippen LogP contribution in [-0.4, -0.2) is 22.9 Å². The van der Waals surface area contributed by atoms with E-state index in [4.69, 9.17) is 0 Å². The number of hydrogen-bond donors (Lipinski definition) is 0. The molecule has 29 heavy (non-hydrogen) atoms. The normalized spacial score (nSPS) is 49.3. The molecule has 6 fully saturated rings. The van der Waals surface area contributed by atoms with Crippen LogP contribution in [0.3, 0.4) is 0 Å². The van der Waals surface area contributed by atoms with E-state index in [1.54, 1.807) is 0 Å². The molecule has 6 aliphatic carbocycles. The second-order valence-electron chi connectivity index (χ2n) is 11.1. The highest BCUT2D eigenvalue weighted by molar-refractivity contribution is 9.10. The number of unbranched alkanes of at least 4 members (excludes halogenated alkanes) is 1. The molecule has 0 N–H and O–H groups in total. The third-order valence-corrected chi connectivity index (χ3v) is 10.3. The molecule has 156 valence electrons. The monoisotopic (exact) mass is 456 g/mol. The molecule has 1 aromatic carbocycles. The van der Waals surface area contributed by atoms with E-state index < -0.39 is 0 Å². The highest BCUT2D eigenvalue weighted by Gasteiger charge is 3.15. The van der Waals surface area contributed by atoms with Crippen LogP contribution in [0.4, 0.5) is 0 Å².